The monoisotopic (exact) mass is 572 g/mol. The van der Waals surface area contributed by atoms with Crippen molar-refractivity contribution in [3.8, 4) is 0 Å². The molecular weight excluding hydrogens is 514 g/mol. The molecule has 2 atom stereocenters. The van der Waals surface area contributed by atoms with Gasteiger partial charge in [0.15, 0.2) is 0 Å². The minimum Gasteiger partial charge on any atom is -0.302 e. The van der Waals surface area contributed by atoms with Crippen LogP contribution in [0.5, 0.6) is 0 Å². The molecule has 224 valence electrons. The number of phosphoric ester groups is 2. The molecule has 0 bridgehead atoms. The van der Waals surface area contributed by atoms with Gasteiger partial charge in [-0.2, -0.15) is 0 Å². The van der Waals surface area contributed by atoms with Gasteiger partial charge in [0.1, 0.15) is 0 Å². The third-order valence-electron chi connectivity index (χ3n) is 6.30. The van der Waals surface area contributed by atoms with Crippen LogP contribution in [0.25, 0.3) is 0 Å². The number of unbranched alkanes of at least 4 members (excludes halogenated alkanes) is 18. The van der Waals surface area contributed by atoms with E-state index in [1.54, 1.807) is 0 Å². The van der Waals surface area contributed by atoms with Crippen LogP contribution in [0.2, 0.25) is 0 Å². The van der Waals surface area contributed by atoms with Crippen molar-refractivity contribution in [2.75, 3.05) is 26.4 Å². The number of hydrogen-bond acceptors (Lipinski definition) is 6. The van der Waals surface area contributed by atoms with E-state index < -0.39 is 15.6 Å². The maximum Gasteiger partial charge on any atom is 0.472 e. The molecule has 0 aromatic heterocycles. The van der Waals surface area contributed by atoms with Crippen molar-refractivity contribution >= 4 is 15.6 Å². The molecule has 0 saturated carbocycles. The van der Waals surface area contributed by atoms with E-state index in [9.17, 15) is 18.9 Å². The molecule has 0 aromatic carbocycles. The van der Waals surface area contributed by atoms with Crippen molar-refractivity contribution in [3.05, 3.63) is 0 Å². The second kappa shape index (κ2) is 26.4. The molecule has 0 fully saturated rings. The van der Waals surface area contributed by atoms with Gasteiger partial charge in [-0.3, -0.25) is 18.1 Å². The molecule has 2 unspecified atom stereocenters. The van der Waals surface area contributed by atoms with Gasteiger partial charge in [0.05, 0.1) is 26.4 Å². The van der Waals surface area contributed by atoms with Crippen LogP contribution in [0.3, 0.4) is 0 Å². The SMILES string of the molecule is CCCCCCCCCCCCOP(=O)(O)OCCCOP(=O)(O)OCCCCCCCCCCCC. The van der Waals surface area contributed by atoms with Gasteiger partial charge in [-0.1, -0.05) is 129 Å². The van der Waals surface area contributed by atoms with E-state index in [1.807, 2.05) is 0 Å². The molecule has 0 amide bonds. The van der Waals surface area contributed by atoms with E-state index in [0.717, 1.165) is 38.5 Å². The van der Waals surface area contributed by atoms with Crippen molar-refractivity contribution in [3.63, 3.8) is 0 Å². The zero-order valence-corrected chi connectivity index (χ0v) is 25.7. The second-order valence-electron chi connectivity index (χ2n) is 9.99. The summed E-state index contributed by atoms with van der Waals surface area (Å²) in [5.41, 5.74) is 0. The van der Waals surface area contributed by atoms with Crippen LogP contribution in [0.4, 0.5) is 0 Å². The van der Waals surface area contributed by atoms with Gasteiger partial charge in [-0.15, -0.1) is 0 Å². The maximum absolute atomic E-state index is 11.9. The molecule has 0 aliphatic rings. The molecule has 0 saturated heterocycles. The lowest BCUT2D eigenvalue weighted by molar-refractivity contribution is 0.122. The number of hydrogen-bond donors (Lipinski definition) is 2. The molecule has 0 spiro atoms. The maximum atomic E-state index is 11.9. The van der Waals surface area contributed by atoms with Gasteiger partial charge in [0, 0.05) is 0 Å². The summed E-state index contributed by atoms with van der Waals surface area (Å²) in [6, 6.07) is 0. The smallest absolute Gasteiger partial charge is 0.302 e. The Kier molecular flexibility index (Phi) is 26.6. The van der Waals surface area contributed by atoms with E-state index >= 15 is 0 Å². The molecule has 0 aliphatic carbocycles. The first-order valence-electron chi connectivity index (χ1n) is 15.1. The summed E-state index contributed by atoms with van der Waals surface area (Å²) in [5, 5.41) is 0. The van der Waals surface area contributed by atoms with Gasteiger partial charge in [0.2, 0.25) is 0 Å². The molecule has 8 nitrogen and oxygen atoms in total. The lowest BCUT2D eigenvalue weighted by Gasteiger charge is -2.14. The van der Waals surface area contributed by atoms with Crippen LogP contribution in [0, 0.1) is 0 Å². The molecule has 2 N–H and O–H groups in total. The normalized spacial score (nSPS) is 15.0. The number of rotatable bonds is 30. The van der Waals surface area contributed by atoms with Gasteiger partial charge in [-0.05, 0) is 19.3 Å². The third kappa shape index (κ3) is 29.0. The first-order chi connectivity index (χ1) is 17.8. The van der Waals surface area contributed by atoms with E-state index in [-0.39, 0.29) is 32.8 Å². The van der Waals surface area contributed by atoms with Gasteiger partial charge >= 0.3 is 15.6 Å². The Bertz CT molecular complexity index is 529. The lowest BCUT2D eigenvalue weighted by Crippen LogP contribution is -2.03. The van der Waals surface area contributed by atoms with E-state index in [0.29, 0.717) is 0 Å². The topological polar surface area (TPSA) is 112 Å². The summed E-state index contributed by atoms with van der Waals surface area (Å²) in [5.74, 6) is 0. The molecule has 0 rings (SSSR count). The van der Waals surface area contributed by atoms with Crippen LogP contribution >= 0.6 is 15.6 Å². The summed E-state index contributed by atoms with van der Waals surface area (Å²) in [6.45, 7) is 4.59. The fraction of sp³-hybridized carbons (Fsp3) is 1.00. The average Bonchev–Trinajstić information content (AvgIpc) is 2.85. The fourth-order valence-corrected chi connectivity index (χ4v) is 5.62. The summed E-state index contributed by atoms with van der Waals surface area (Å²) < 4.78 is 43.6. The van der Waals surface area contributed by atoms with Crippen LogP contribution in [-0.4, -0.2) is 36.2 Å². The number of phosphoric acid groups is 2. The first-order valence-corrected chi connectivity index (χ1v) is 18.1. The van der Waals surface area contributed by atoms with Crippen molar-refractivity contribution in [2.45, 2.75) is 149 Å². The summed E-state index contributed by atoms with van der Waals surface area (Å²) in [7, 11) is -8.22. The quantitative estimate of drug-likeness (QED) is 0.0646. The summed E-state index contributed by atoms with van der Waals surface area (Å²) in [4.78, 5) is 19.5. The van der Waals surface area contributed by atoms with Crippen LogP contribution in [-0.2, 0) is 27.2 Å². The zero-order valence-electron chi connectivity index (χ0n) is 23.9. The summed E-state index contributed by atoms with van der Waals surface area (Å²) in [6.07, 6.45) is 23.7. The largest absolute Gasteiger partial charge is 0.472 e. The van der Waals surface area contributed by atoms with E-state index in [2.05, 4.69) is 13.8 Å². The second-order valence-corrected chi connectivity index (χ2v) is 12.9. The Morgan fingerprint density at radius 1 is 0.378 bits per heavy atom. The van der Waals surface area contributed by atoms with Crippen molar-refractivity contribution in [1.82, 2.24) is 0 Å². The highest BCUT2D eigenvalue weighted by Gasteiger charge is 2.22. The first kappa shape index (κ1) is 37.2. The molecular formula is C27H58O8P2. The molecule has 0 aromatic rings. The Morgan fingerprint density at radius 2 is 0.595 bits per heavy atom. The summed E-state index contributed by atoms with van der Waals surface area (Å²) >= 11 is 0. The fourth-order valence-electron chi connectivity index (χ4n) is 4.03. The van der Waals surface area contributed by atoms with Crippen LogP contribution in [0.1, 0.15) is 149 Å². The molecule has 0 heterocycles. The van der Waals surface area contributed by atoms with Gasteiger partial charge in [-0.25, -0.2) is 9.13 Å². The van der Waals surface area contributed by atoms with Gasteiger partial charge in [0.25, 0.3) is 0 Å². The Morgan fingerprint density at radius 3 is 0.865 bits per heavy atom. The predicted molar refractivity (Wildman–Crippen MR) is 152 cm³/mol. The highest BCUT2D eigenvalue weighted by atomic mass is 31.2. The van der Waals surface area contributed by atoms with Crippen molar-refractivity contribution in [1.29, 1.82) is 0 Å². The highest BCUT2D eigenvalue weighted by Crippen LogP contribution is 2.45. The van der Waals surface area contributed by atoms with Gasteiger partial charge < -0.3 is 9.79 Å². The highest BCUT2D eigenvalue weighted by molar-refractivity contribution is 7.47. The molecule has 37 heavy (non-hydrogen) atoms. The lowest BCUT2D eigenvalue weighted by atomic mass is 10.1. The van der Waals surface area contributed by atoms with E-state index in [1.165, 1.54) is 89.9 Å². The van der Waals surface area contributed by atoms with Crippen molar-refractivity contribution in [2.24, 2.45) is 0 Å². The predicted octanol–water partition coefficient (Wildman–Crippen LogP) is 9.49. The Hall–Kier alpha value is 0.220. The molecule has 10 heteroatoms. The zero-order chi connectivity index (χ0) is 27.5. The Labute approximate surface area is 227 Å². The minimum absolute atomic E-state index is 0.107. The third-order valence-corrected chi connectivity index (χ3v) is 8.34. The standard InChI is InChI=1S/C27H58O8P2/c1-3-5-7-9-11-13-15-17-19-21-24-32-36(28,29)34-26-23-27-35-37(30,31)33-25-22-20-18-16-14-12-10-8-6-4-2/h3-27H2,1-2H3,(H,28,29)(H,30,31). The van der Waals surface area contributed by atoms with Crippen LogP contribution in [0.15, 0.2) is 0 Å². The minimum atomic E-state index is -4.11. The van der Waals surface area contributed by atoms with Crippen molar-refractivity contribution < 1.29 is 37.0 Å². The molecule has 0 radical (unpaired) electrons. The molecule has 0 aliphatic heterocycles. The van der Waals surface area contributed by atoms with Crippen LogP contribution < -0.4 is 0 Å². The Balaban J connectivity index is 3.55. The average molecular weight is 573 g/mol. The van der Waals surface area contributed by atoms with E-state index in [4.69, 9.17) is 18.1 Å².